The predicted molar refractivity (Wildman–Crippen MR) is 78.8 cm³/mol. The Labute approximate surface area is 124 Å². The molecule has 5 nitrogen and oxygen atoms in total. The summed E-state index contributed by atoms with van der Waals surface area (Å²) in [5, 5.41) is 5.81. The van der Waals surface area contributed by atoms with Gasteiger partial charge in [-0.3, -0.25) is 9.59 Å². The summed E-state index contributed by atoms with van der Waals surface area (Å²) in [5.41, 5.74) is 1.13. The minimum absolute atomic E-state index is 0.0661. The van der Waals surface area contributed by atoms with Gasteiger partial charge in [0.05, 0.1) is 0 Å². The molecule has 20 heavy (non-hydrogen) atoms. The Kier molecular flexibility index (Phi) is 6.45. The molecule has 1 unspecified atom stereocenters. The van der Waals surface area contributed by atoms with E-state index in [0.717, 1.165) is 6.42 Å². The summed E-state index contributed by atoms with van der Waals surface area (Å²) < 4.78 is 0. The molecule has 0 saturated carbocycles. The summed E-state index contributed by atoms with van der Waals surface area (Å²) >= 11 is 5.80. The normalized spacial score (nSPS) is 11.8. The van der Waals surface area contributed by atoms with Crippen molar-refractivity contribution < 1.29 is 9.59 Å². The van der Waals surface area contributed by atoms with Gasteiger partial charge in [0.1, 0.15) is 5.15 Å². The lowest BCUT2D eigenvalue weighted by Gasteiger charge is -2.11. The molecule has 0 aliphatic rings. The van der Waals surface area contributed by atoms with E-state index < -0.39 is 0 Å². The van der Waals surface area contributed by atoms with Crippen molar-refractivity contribution in [2.45, 2.75) is 39.7 Å². The number of aromatic nitrogens is 1. The highest BCUT2D eigenvalue weighted by molar-refractivity contribution is 6.29. The van der Waals surface area contributed by atoms with Crippen LogP contribution in [0.15, 0.2) is 12.1 Å². The second-order valence-electron chi connectivity index (χ2n) is 4.70. The van der Waals surface area contributed by atoms with Crippen LogP contribution in [0.4, 0.5) is 0 Å². The number of rotatable bonds is 6. The van der Waals surface area contributed by atoms with Crippen LogP contribution in [0.5, 0.6) is 0 Å². The minimum Gasteiger partial charge on any atom is -0.354 e. The molecule has 2 N–H and O–H groups in total. The molecule has 0 spiro atoms. The maximum Gasteiger partial charge on any atom is 0.251 e. The molecule has 1 rings (SSSR count). The summed E-state index contributed by atoms with van der Waals surface area (Å²) in [6.45, 7) is 6.00. The lowest BCUT2D eigenvalue weighted by Crippen LogP contribution is -2.35. The van der Waals surface area contributed by atoms with Crippen LogP contribution < -0.4 is 10.6 Å². The fourth-order valence-electron chi connectivity index (χ4n) is 1.60. The average molecular weight is 298 g/mol. The molecule has 0 saturated heterocycles. The van der Waals surface area contributed by atoms with Gasteiger partial charge in [0.25, 0.3) is 5.91 Å². The fourth-order valence-corrected chi connectivity index (χ4v) is 1.85. The third-order valence-electron chi connectivity index (χ3n) is 2.84. The van der Waals surface area contributed by atoms with Crippen LogP contribution in [0.25, 0.3) is 0 Å². The molecular weight excluding hydrogens is 278 g/mol. The molecule has 0 aliphatic heterocycles. The maximum absolute atomic E-state index is 11.9. The molecule has 0 bridgehead atoms. The Morgan fingerprint density at radius 1 is 1.40 bits per heavy atom. The number of carbonyl (C=O) groups excluding carboxylic acids is 2. The van der Waals surface area contributed by atoms with Gasteiger partial charge in [0, 0.05) is 30.3 Å². The lowest BCUT2D eigenvalue weighted by atomic mass is 10.2. The molecule has 1 atom stereocenters. The van der Waals surface area contributed by atoms with Crippen molar-refractivity contribution in [3.8, 4) is 0 Å². The zero-order valence-corrected chi connectivity index (χ0v) is 12.8. The Hall–Kier alpha value is -1.62. The molecule has 0 aliphatic carbocycles. The van der Waals surface area contributed by atoms with Gasteiger partial charge in [-0.1, -0.05) is 18.5 Å². The van der Waals surface area contributed by atoms with Gasteiger partial charge >= 0.3 is 0 Å². The Bertz CT molecular complexity index is 471. The van der Waals surface area contributed by atoms with Crippen LogP contribution in [0.3, 0.4) is 0 Å². The maximum atomic E-state index is 11.9. The monoisotopic (exact) mass is 297 g/mol. The fraction of sp³-hybridized carbons (Fsp3) is 0.500. The summed E-state index contributed by atoms with van der Waals surface area (Å²) in [6.07, 6.45) is 1.14. The van der Waals surface area contributed by atoms with E-state index in [2.05, 4.69) is 15.6 Å². The van der Waals surface area contributed by atoms with Gasteiger partial charge in [-0.25, -0.2) is 4.98 Å². The summed E-state index contributed by atoms with van der Waals surface area (Å²) in [4.78, 5) is 27.4. The van der Waals surface area contributed by atoms with E-state index in [1.807, 2.05) is 13.8 Å². The van der Waals surface area contributed by atoms with Gasteiger partial charge in [-0.2, -0.15) is 0 Å². The third-order valence-corrected chi connectivity index (χ3v) is 3.04. The molecular formula is C14H20ClN3O2. The number of pyridine rings is 1. The van der Waals surface area contributed by atoms with E-state index in [-0.39, 0.29) is 29.4 Å². The Balaban J connectivity index is 2.42. The zero-order chi connectivity index (χ0) is 15.1. The van der Waals surface area contributed by atoms with Gasteiger partial charge in [0.15, 0.2) is 0 Å². The summed E-state index contributed by atoms with van der Waals surface area (Å²) in [5.74, 6) is -0.322. The smallest absolute Gasteiger partial charge is 0.251 e. The Morgan fingerprint density at radius 3 is 2.70 bits per heavy atom. The van der Waals surface area contributed by atoms with E-state index in [1.165, 1.54) is 6.07 Å². The molecule has 0 radical (unpaired) electrons. The largest absolute Gasteiger partial charge is 0.354 e. The standard InChI is InChI=1S/C14H20ClN3O2/c1-4-9(2)18-13(19)5-6-16-14(20)11-7-10(3)17-12(15)8-11/h7-9H,4-6H2,1-3H3,(H,16,20)(H,18,19). The quantitative estimate of drug-likeness (QED) is 0.790. The number of amides is 2. The average Bonchev–Trinajstić information content (AvgIpc) is 2.37. The molecule has 6 heteroatoms. The van der Waals surface area contributed by atoms with Crippen molar-refractivity contribution in [1.29, 1.82) is 0 Å². The number of hydrogen-bond donors (Lipinski definition) is 2. The second kappa shape index (κ2) is 7.85. The van der Waals surface area contributed by atoms with Crippen molar-refractivity contribution in [2.24, 2.45) is 0 Å². The third kappa shape index (κ3) is 5.57. The molecule has 2 amide bonds. The Morgan fingerprint density at radius 2 is 2.10 bits per heavy atom. The van der Waals surface area contributed by atoms with Crippen LogP contribution in [0, 0.1) is 6.92 Å². The van der Waals surface area contributed by atoms with Gasteiger partial charge < -0.3 is 10.6 Å². The number of nitrogens with zero attached hydrogens (tertiary/aromatic N) is 1. The number of aryl methyl sites for hydroxylation is 1. The summed E-state index contributed by atoms with van der Waals surface area (Å²) in [6, 6.07) is 3.31. The zero-order valence-electron chi connectivity index (χ0n) is 12.0. The first-order chi connectivity index (χ1) is 9.42. The summed E-state index contributed by atoms with van der Waals surface area (Å²) in [7, 11) is 0. The van der Waals surface area contributed by atoms with E-state index in [1.54, 1.807) is 13.0 Å². The van der Waals surface area contributed by atoms with E-state index in [0.29, 0.717) is 17.8 Å². The first-order valence-electron chi connectivity index (χ1n) is 6.64. The molecule has 0 fully saturated rings. The van der Waals surface area contributed by atoms with Gasteiger partial charge in [-0.05, 0) is 32.4 Å². The van der Waals surface area contributed by atoms with Gasteiger partial charge in [-0.15, -0.1) is 0 Å². The number of nitrogens with one attached hydrogen (secondary N) is 2. The minimum atomic E-state index is -0.256. The number of halogens is 1. The van der Waals surface area contributed by atoms with Crippen molar-refractivity contribution >= 4 is 23.4 Å². The molecule has 1 aromatic rings. The van der Waals surface area contributed by atoms with Crippen LogP contribution in [-0.2, 0) is 4.79 Å². The predicted octanol–water partition coefficient (Wildman–Crippen LogP) is 2.08. The first-order valence-corrected chi connectivity index (χ1v) is 7.02. The SMILES string of the molecule is CCC(C)NC(=O)CCNC(=O)c1cc(C)nc(Cl)c1. The highest BCUT2D eigenvalue weighted by Crippen LogP contribution is 2.10. The van der Waals surface area contributed by atoms with Crippen molar-refractivity contribution in [2.75, 3.05) is 6.54 Å². The number of hydrogen-bond acceptors (Lipinski definition) is 3. The molecule has 1 heterocycles. The van der Waals surface area contributed by atoms with Crippen LogP contribution in [0.2, 0.25) is 5.15 Å². The van der Waals surface area contributed by atoms with Crippen molar-refractivity contribution in [3.63, 3.8) is 0 Å². The van der Waals surface area contributed by atoms with E-state index >= 15 is 0 Å². The topological polar surface area (TPSA) is 71.1 Å². The van der Waals surface area contributed by atoms with Crippen LogP contribution >= 0.6 is 11.6 Å². The van der Waals surface area contributed by atoms with Gasteiger partial charge in [0.2, 0.25) is 5.91 Å². The van der Waals surface area contributed by atoms with Crippen LogP contribution in [-0.4, -0.2) is 29.4 Å². The lowest BCUT2D eigenvalue weighted by molar-refractivity contribution is -0.121. The molecule has 1 aromatic heterocycles. The first kappa shape index (κ1) is 16.4. The van der Waals surface area contributed by atoms with Crippen molar-refractivity contribution in [3.05, 3.63) is 28.5 Å². The molecule has 0 aromatic carbocycles. The van der Waals surface area contributed by atoms with Crippen LogP contribution in [0.1, 0.15) is 42.7 Å². The highest BCUT2D eigenvalue weighted by Gasteiger charge is 2.09. The number of carbonyl (C=O) groups is 2. The van der Waals surface area contributed by atoms with E-state index in [4.69, 9.17) is 11.6 Å². The van der Waals surface area contributed by atoms with E-state index in [9.17, 15) is 9.59 Å². The molecule has 110 valence electrons. The highest BCUT2D eigenvalue weighted by atomic mass is 35.5. The second-order valence-corrected chi connectivity index (χ2v) is 5.09. The van der Waals surface area contributed by atoms with Crippen molar-refractivity contribution in [1.82, 2.24) is 15.6 Å².